The van der Waals surface area contributed by atoms with E-state index in [0.717, 1.165) is 64.8 Å². The number of esters is 1. The molecule has 0 aromatic heterocycles. The molecule has 5 heteroatoms. The second-order valence-corrected chi connectivity index (χ2v) is 22.8. The van der Waals surface area contributed by atoms with E-state index in [1.807, 2.05) is 0 Å². The minimum absolute atomic E-state index is 0.267. The van der Waals surface area contributed by atoms with Gasteiger partial charge in [-0.15, -0.1) is 0 Å². The average molecular weight is 863 g/mol. The maximum atomic E-state index is 11.5. The number of hydrogen-bond donors (Lipinski definition) is 0. The van der Waals surface area contributed by atoms with Crippen LogP contribution < -0.4 is 0 Å². The predicted molar refractivity (Wildman–Crippen MR) is 266 cm³/mol. The molecule has 0 aliphatic rings. The van der Waals surface area contributed by atoms with Crippen LogP contribution in [-0.4, -0.2) is 38.4 Å². The number of carbonyl (C=O) groups excluding carboxylic acids is 1. The molecule has 61 heavy (non-hydrogen) atoms. The average Bonchev–Trinajstić information content (AvgIpc) is 3.17. The van der Waals surface area contributed by atoms with Crippen LogP contribution in [-0.2, 0) is 23.7 Å². The minimum atomic E-state index is -0.897. The summed E-state index contributed by atoms with van der Waals surface area (Å²) in [5.41, 5.74) is 1.85. The van der Waals surface area contributed by atoms with Crippen LogP contribution in [0.5, 0.6) is 0 Å². The Kier molecular flexibility index (Phi) is 37.8. The maximum Gasteiger partial charge on any atom is 0.333 e. The molecule has 0 spiro atoms. The Balaban J connectivity index is 5.03. The molecule has 0 aliphatic carbocycles. The van der Waals surface area contributed by atoms with Crippen LogP contribution in [0, 0.1) is 16.2 Å². The van der Waals surface area contributed by atoms with E-state index >= 15 is 0 Å². The van der Waals surface area contributed by atoms with Crippen LogP contribution in [0.1, 0.15) is 294 Å². The highest BCUT2D eigenvalue weighted by Crippen LogP contribution is 2.28. The van der Waals surface area contributed by atoms with Crippen molar-refractivity contribution < 1.29 is 23.7 Å². The van der Waals surface area contributed by atoms with Crippen molar-refractivity contribution in [1.29, 1.82) is 0 Å². The molecule has 0 heterocycles. The van der Waals surface area contributed by atoms with E-state index in [1.165, 1.54) is 180 Å². The molecular weight excluding hydrogens is 753 g/mol. The molecule has 0 unspecified atom stereocenters. The third-order valence-electron chi connectivity index (χ3n) is 12.1. The van der Waals surface area contributed by atoms with Crippen molar-refractivity contribution in [2.45, 2.75) is 300 Å². The second-order valence-electron chi connectivity index (χ2n) is 22.8. The molecular formula is C56H110O5. The SMILES string of the molecule is C=C(C)C(=O)OCCCCCCCCCCCCC(OCCCCCCCCCC(C)(C)C)(OCCCCCCCCCC(C)(C)C)OCCCCCCCCCC(C)(C)C. The van der Waals surface area contributed by atoms with Gasteiger partial charge in [-0.2, -0.15) is 0 Å². The third-order valence-corrected chi connectivity index (χ3v) is 12.1. The lowest BCUT2D eigenvalue weighted by molar-refractivity contribution is -0.384. The number of ether oxygens (including phenoxy) is 4. The number of rotatable bonds is 44. The maximum absolute atomic E-state index is 11.5. The fourth-order valence-corrected chi connectivity index (χ4v) is 8.09. The van der Waals surface area contributed by atoms with Crippen molar-refractivity contribution in [3.63, 3.8) is 0 Å². The van der Waals surface area contributed by atoms with Gasteiger partial charge in [-0.3, -0.25) is 0 Å². The van der Waals surface area contributed by atoms with Crippen LogP contribution in [0.25, 0.3) is 0 Å². The second kappa shape index (κ2) is 38.4. The summed E-state index contributed by atoms with van der Waals surface area (Å²) >= 11 is 0. The first kappa shape index (κ1) is 60.1. The lowest BCUT2D eigenvalue weighted by atomic mass is 9.89. The molecule has 0 amide bonds. The van der Waals surface area contributed by atoms with E-state index in [0.29, 0.717) is 28.4 Å². The van der Waals surface area contributed by atoms with Crippen LogP contribution in [0.4, 0.5) is 0 Å². The van der Waals surface area contributed by atoms with Gasteiger partial charge in [-0.1, -0.05) is 236 Å². The highest BCUT2D eigenvalue weighted by molar-refractivity contribution is 5.86. The molecule has 0 saturated carbocycles. The first-order valence-electron chi connectivity index (χ1n) is 26.7. The van der Waals surface area contributed by atoms with Gasteiger partial charge < -0.3 is 18.9 Å². The first-order valence-corrected chi connectivity index (χ1v) is 26.7. The largest absolute Gasteiger partial charge is 0.462 e. The molecule has 0 bridgehead atoms. The molecule has 0 fully saturated rings. The van der Waals surface area contributed by atoms with Gasteiger partial charge in [0.15, 0.2) is 0 Å². The smallest absolute Gasteiger partial charge is 0.333 e. The van der Waals surface area contributed by atoms with Gasteiger partial charge >= 0.3 is 5.97 Å². The Hall–Kier alpha value is -0.910. The normalized spacial score (nSPS) is 12.7. The van der Waals surface area contributed by atoms with Crippen molar-refractivity contribution in [2.24, 2.45) is 16.2 Å². The molecule has 0 aromatic rings. The topological polar surface area (TPSA) is 54.0 Å². The Labute approximate surface area is 383 Å². The van der Waals surface area contributed by atoms with E-state index in [-0.39, 0.29) is 5.97 Å². The van der Waals surface area contributed by atoms with Gasteiger partial charge in [-0.05, 0) is 74.5 Å². The van der Waals surface area contributed by atoms with E-state index in [1.54, 1.807) is 6.92 Å². The molecule has 0 radical (unpaired) electrons. The quantitative estimate of drug-likeness (QED) is 0.0264. The van der Waals surface area contributed by atoms with E-state index in [2.05, 4.69) is 68.9 Å². The van der Waals surface area contributed by atoms with Gasteiger partial charge in [0.05, 0.1) is 26.4 Å². The minimum Gasteiger partial charge on any atom is -0.462 e. The highest BCUT2D eigenvalue weighted by atomic mass is 16.9. The molecule has 0 rings (SSSR count). The molecule has 0 aromatic carbocycles. The Morgan fingerprint density at radius 3 is 0.787 bits per heavy atom. The molecule has 0 N–H and O–H groups in total. The molecule has 5 nitrogen and oxygen atoms in total. The predicted octanol–water partition coefficient (Wildman–Crippen LogP) is 18.6. The fraction of sp³-hybridized carbons (Fsp3) is 0.946. The lowest BCUT2D eigenvalue weighted by Gasteiger charge is -2.34. The zero-order valence-electron chi connectivity index (χ0n) is 43.3. The van der Waals surface area contributed by atoms with Crippen molar-refractivity contribution in [3.05, 3.63) is 12.2 Å². The molecule has 364 valence electrons. The molecule has 0 aliphatic heterocycles. The van der Waals surface area contributed by atoms with E-state index in [9.17, 15) is 4.79 Å². The number of hydrogen-bond acceptors (Lipinski definition) is 5. The lowest BCUT2D eigenvalue weighted by Crippen LogP contribution is -2.40. The summed E-state index contributed by atoms with van der Waals surface area (Å²) in [6.07, 6.45) is 43.8. The van der Waals surface area contributed by atoms with Crippen molar-refractivity contribution in [1.82, 2.24) is 0 Å². The monoisotopic (exact) mass is 863 g/mol. The van der Waals surface area contributed by atoms with Gasteiger partial charge in [0, 0.05) is 12.0 Å². The standard InChI is InChI=1S/C56H110O5/c1-51(2)52(57)58-47-39-31-23-15-13-12-14-22-30-38-46-56(59-48-40-32-24-16-19-27-35-43-53(3,4)5,60-49-41-33-25-17-20-28-36-44-54(6,7)8)61-50-42-34-26-18-21-29-37-45-55(9,10)11/h1,12-50H2,2-11H3. The summed E-state index contributed by atoms with van der Waals surface area (Å²) in [4.78, 5) is 11.5. The van der Waals surface area contributed by atoms with E-state index in [4.69, 9.17) is 18.9 Å². The summed E-state index contributed by atoms with van der Waals surface area (Å²) < 4.78 is 25.5. The van der Waals surface area contributed by atoms with Crippen LogP contribution in [0.3, 0.4) is 0 Å². The van der Waals surface area contributed by atoms with E-state index < -0.39 is 5.97 Å². The van der Waals surface area contributed by atoms with Crippen molar-refractivity contribution in [3.8, 4) is 0 Å². The summed E-state index contributed by atoms with van der Waals surface area (Å²) in [6, 6.07) is 0. The summed E-state index contributed by atoms with van der Waals surface area (Å²) in [7, 11) is 0. The zero-order valence-corrected chi connectivity index (χ0v) is 43.3. The van der Waals surface area contributed by atoms with Gasteiger partial charge in [0.25, 0.3) is 5.97 Å². The van der Waals surface area contributed by atoms with Gasteiger partial charge in [0.2, 0.25) is 0 Å². The number of carbonyl (C=O) groups is 1. The summed E-state index contributed by atoms with van der Waals surface area (Å²) in [5.74, 6) is -1.16. The molecule has 0 saturated heterocycles. The Morgan fingerprint density at radius 2 is 0.541 bits per heavy atom. The summed E-state index contributed by atoms with van der Waals surface area (Å²) in [6.45, 7) is 29.3. The zero-order chi connectivity index (χ0) is 45.6. The fourth-order valence-electron chi connectivity index (χ4n) is 8.09. The van der Waals surface area contributed by atoms with Crippen LogP contribution in [0.15, 0.2) is 12.2 Å². The Bertz CT molecular complexity index is 899. The first-order chi connectivity index (χ1) is 28.9. The summed E-state index contributed by atoms with van der Waals surface area (Å²) in [5, 5.41) is 0. The van der Waals surface area contributed by atoms with Crippen LogP contribution >= 0.6 is 0 Å². The van der Waals surface area contributed by atoms with Gasteiger partial charge in [-0.25, -0.2) is 4.79 Å². The Morgan fingerprint density at radius 1 is 0.328 bits per heavy atom. The van der Waals surface area contributed by atoms with Crippen LogP contribution in [0.2, 0.25) is 0 Å². The number of unbranched alkanes of at least 4 members (excludes halogenated alkanes) is 27. The van der Waals surface area contributed by atoms with Crippen molar-refractivity contribution >= 4 is 5.97 Å². The highest BCUT2D eigenvalue weighted by Gasteiger charge is 2.33. The van der Waals surface area contributed by atoms with Crippen molar-refractivity contribution in [2.75, 3.05) is 26.4 Å². The molecule has 0 atom stereocenters. The van der Waals surface area contributed by atoms with Gasteiger partial charge in [0.1, 0.15) is 0 Å². The third kappa shape index (κ3) is 45.5.